The molecule has 3 rings (SSSR count). The number of nitrogens with one attached hydrogen (secondary N) is 1. The van der Waals surface area contributed by atoms with E-state index in [1.165, 1.54) is 23.0 Å². The van der Waals surface area contributed by atoms with Gasteiger partial charge in [-0.05, 0) is 49.4 Å². The molecule has 0 radical (unpaired) electrons. The van der Waals surface area contributed by atoms with E-state index in [-0.39, 0.29) is 11.3 Å². The van der Waals surface area contributed by atoms with Crippen molar-refractivity contribution >= 4 is 11.6 Å². The number of nitrogens with zero attached hydrogens (tertiary/aromatic N) is 2. The van der Waals surface area contributed by atoms with E-state index in [4.69, 9.17) is 9.47 Å². The van der Waals surface area contributed by atoms with Crippen LogP contribution in [0.5, 0.6) is 5.75 Å². The molecule has 0 saturated carbocycles. The van der Waals surface area contributed by atoms with Gasteiger partial charge in [0.25, 0.3) is 5.91 Å². The van der Waals surface area contributed by atoms with E-state index in [0.29, 0.717) is 30.3 Å². The first-order valence-corrected chi connectivity index (χ1v) is 9.05. The van der Waals surface area contributed by atoms with Gasteiger partial charge in [-0.2, -0.15) is 18.3 Å². The summed E-state index contributed by atoms with van der Waals surface area (Å²) in [6.07, 6.45) is -3.14. The zero-order chi connectivity index (χ0) is 21.7. The minimum absolute atomic E-state index is 0.221. The fourth-order valence-corrected chi connectivity index (χ4v) is 2.78. The van der Waals surface area contributed by atoms with Crippen LogP contribution in [0.1, 0.15) is 21.6 Å². The Bertz CT molecular complexity index is 1010. The Balaban J connectivity index is 1.73. The number of hydrogen-bond acceptors (Lipinski definition) is 4. The number of amides is 1. The summed E-state index contributed by atoms with van der Waals surface area (Å²) >= 11 is 0. The maximum atomic E-state index is 13.0. The number of anilines is 1. The number of ether oxygens (including phenoxy) is 2. The fraction of sp³-hybridized carbons (Fsp3) is 0.238. The minimum atomic E-state index is -4.46. The van der Waals surface area contributed by atoms with Crippen LogP contribution in [0.3, 0.4) is 0 Å². The molecule has 3 aromatic rings. The molecule has 0 saturated heterocycles. The van der Waals surface area contributed by atoms with Crippen molar-refractivity contribution in [2.45, 2.75) is 13.1 Å². The molecule has 0 atom stereocenters. The van der Waals surface area contributed by atoms with Crippen molar-refractivity contribution in [1.82, 2.24) is 9.78 Å². The standard InChI is InChI=1S/C21H20F3N3O3/c1-14-19(13-25-27(14)17-5-3-4-15(12-17)21(22,23)24)20(28)26-16-6-8-18(9-7-16)30-11-10-29-2/h3-9,12-13H,10-11H2,1-2H3,(H,26,28). The molecule has 6 nitrogen and oxygen atoms in total. The molecule has 30 heavy (non-hydrogen) atoms. The van der Waals surface area contributed by atoms with Crippen LogP contribution in [0.2, 0.25) is 0 Å². The molecule has 0 unspecified atom stereocenters. The van der Waals surface area contributed by atoms with E-state index < -0.39 is 17.6 Å². The maximum Gasteiger partial charge on any atom is 0.416 e. The Morgan fingerprint density at radius 3 is 2.53 bits per heavy atom. The zero-order valence-corrected chi connectivity index (χ0v) is 16.4. The molecule has 9 heteroatoms. The lowest BCUT2D eigenvalue weighted by atomic mass is 10.2. The Hall–Kier alpha value is -3.33. The van der Waals surface area contributed by atoms with Gasteiger partial charge in [0.2, 0.25) is 0 Å². The van der Waals surface area contributed by atoms with Crippen LogP contribution in [0.4, 0.5) is 18.9 Å². The van der Waals surface area contributed by atoms with Gasteiger partial charge >= 0.3 is 6.18 Å². The zero-order valence-electron chi connectivity index (χ0n) is 16.4. The normalized spacial score (nSPS) is 11.4. The number of benzene rings is 2. The molecule has 1 aromatic heterocycles. The number of methoxy groups -OCH3 is 1. The van der Waals surface area contributed by atoms with Gasteiger partial charge in [0, 0.05) is 12.8 Å². The number of halogens is 3. The lowest BCUT2D eigenvalue weighted by Crippen LogP contribution is -2.13. The molecular formula is C21H20F3N3O3. The maximum absolute atomic E-state index is 13.0. The van der Waals surface area contributed by atoms with Crippen molar-refractivity contribution < 1.29 is 27.4 Å². The third kappa shape index (κ3) is 4.98. The molecular weight excluding hydrogens is 399 g/mol. The average Bonchev–Trinajstić information content (AvgIpc) is 3.10. The first-order valence-electron chi connectivity index (χ1n) is 9.05. The Labute approximate surface area is 171 Å². The second kappa shape index (κ2) is 9.00. The molecule has 158 valence electrons. The summed E-state index contributed by atoms with van der Waals surface area (Å²) in [5, 5.41) is 6.83. The van der Waals surface area contributed by atoms with Crippen LogP contribution in [-0.2, 0) is 10.9 Å². The first kappa shape index (κ1) is 21.4. The summed E-state index contributed by atoms with van der Waals surface area (Å²) in [5.41, 5.74) is 0.664. The van der Waals surface area contributed by atoms with Crippen molar-refractivity contribution in [3.05, 3.63) is 71.5 Å². The Kier molecular flexibility index (Phi) is 6.41. The highest BCUT2D eigenvalue weighted by molar-refractivity contribution is 6.05. The quantitative estimate of drug-likeness (QED) is 0.574. The fourth-order valence-electron chi connectivity index (χ4n) is 2.78. The van der Waals surface area contributed by atoms with E-state index in [0.717, 1.165) is 12.1 Å². The second-order valence-electron chi connectivity index (χ2n) is 6.42. The average molecular weight is 419 g/mol. The van der Waals surface area contributed by atoms with Crippen molar-refractivity contribution in [2.24, 2.45) is 0 Å². The lowest BCUT2D eigenvalue weighted by Gasteiger charge is -2.10. The summed E-state index contributed by atoms with van der Waals surface area (Å²) in [6, 6.07) is 11.6. The molecule has 1 amide bonds. The van der Waals surface area contributed by atoms with Gasteiger partial charge < -0.3 is 14.8 Å². The number of alkyl halides is 3. The molecule has 2 aromatic carbocycles. The highest BCUT2D eigenvalue weighted by Gasteiger charge is 2.30. The van der Waals surface area contributed by atoms with Crippen LogP contribution in [0.25, 0.3) is 5.69 Å². The van der Waals surface area contributed by atoms with Crippen molar-refractivity contribution in [3.63, 3.8) is 0 Å². The van der Waals surface area contributed by atoms with Crippen molar-refractivity contribution in [1.29, 1.82) is 0 Å². The summed E-state index contributed by atoms with van der Waals surface area (Å²) in [5.74, 6) is 0.220. The summed E-state index contributed by atoms with van der Waals surface area (Å²) in [6.45, 7) is 2.50. The second-order valence-corrected chi connectivity index (χ2v) is 6.42. The van der Waals surface area contributed by atoms with Gasteiger partial charge in [0.1, 0.15) is 12.4 Å². The molecule has 1 heterocycles. The number of rotatable bonds is 7. The Morgan fingerprint density at radius 1 is 1.13 bits per heavy atom. The third-order valence-electron chi connectivity index (χ3n) is 4.34. The van der Waals surface area contributed by atoms with Crippen LogP contribution in [-0.4, -0.2) is 36.0 Å². The van der Waals surface area contributed by atoms with Gasteiger partial charge in [0.15, 0.2) is 0 Å². The first-order chi connectivity index (χ1) is 14.3. The van der Waals surface area contributed by atoms with Gasteiger partial charge in [-0.3, -0.25) is 4.79 Å². The largest absolute Gasteiger partial charge is 0.491 e. The highest BCUT2D eigenvalue weighted by atomic mass is 19.4. The molecule has 0 bridgehead atoms. The van der Waals surface area contributed by atoms with E-state index in [9.17, 15) is 18.0 Å². The van der Waals surface area contributed by atoms with Crippen LogP contribution in [0, 0.1) is 6.92 Å². The van der Waals surface area contributed by atoms with Gasteiger partial charge in [-0.15, -0.1) is 0 Å². The predicted molar refractivity (Wildman–Crippen MR) is 105 cm³/mol. The third-order valence-corrected chi connectivity index (χ3v) is 4.34. The number of aromatic nitrogens is 2. The van der Waals surface area contributed by atoms with Crippen molar-refractivity contribution in [2.75, 3.05) is 25.6 Å². The van der Waals surface area contributed by atoms with Crippen LogP contribution < -0.4 is 10.1 Å². The Morgan fingerprint density at radius 2 is 1.87 bits per heavy atom. The van der Waals surface area contributed by atoms with E-state index >= 15 is 0 Å². The van der Waals surface area contributed by atoms with E-state index in [1.54, 1.807) is 38.3 Å². The molecule has 0 aliphatic rings. The molecule has 0 spiro atoms. The topological polar surface area (TPSA) is 65.4 Å². The molecule has 0 fully saturated rings. The molecule has 0 aliphatic carbocycles. The molecule has 1 N–H and O–H groups in total. The summed E-state index contributed by atoms with van der Waals surface area (Å²) in [7, 11) is 1.58. The van der Waals surface area contributed by atoms with Gasteiger partial charge in [-0.25, -0.2) is 4.68 Å². The number of carbonyl (C=O) groups excluding carboxylic acids is 1. The number of hydrogen-bond donors (Lipinski definition) is 1. The summed E-state index contributed by atoms with van der Waals surface area (Å²) < 4.78 is 50.6. The monoisotopic (exact) mass is 419 g/mol. The SMILES string of the molecule is COCCOc1ccc(NC(=O)c2cnn(-c3cccc(C(F)(F)F)c3)c2C)cc1. The van der Waals surface area contributed by atoms with E-state index in [2.05, 4.69) is 10.4 Å². The minimum Gasteiger partial charge on any atom is -0.491 e. The van der Waals surface area contributed by atoms with Crippen LogP contribution in [0.15, 0.2) is 54.7 Å². The highest BCUT2D eigenvalue weighted by Crippen LogP contribution is 2.30. The van der Waals surface area contributed by atoms with Gasteiger partial charge in [0.05, 0.1) is 35.3 Å². The summed E-state index contributed by atoms with van der Waals surface area (Å²) in [4.78, 5) is 12.6. The van der Waals surface area contributed by atoms with Gasteiger partial charge in [-0.1, -0.05) is 6.07 Å². The van der Waals surface area contributed by atoms with E-state index in [1.807, 2.05) is 0 Å². The molecule has 0 aliphatic heterocycles. The van der Waals surface area contributed by atoms with Crippen LogP contribution >= 0.6 is 0 Å². The smallest absolute Gasteiger partial charge is 0.416 e. The lowest BCUT2D eigenvalue weighted by molar-refractivity contribution is -0.137. The number of carbonyl (C=O) groups is 1. The van der Waals surface area contributed by atoms with Crippen molar-refractivity contribution in [3.8, 4) is 11.4 Å². The predicted octanol–water partition coefficient (Wildman–Crippen LogP) is 4.48.